The minimum atomic E-state index is -0.851. The van der Waals surface area contributed by atoms with E-state index in [2.05, 4.69) is 4.98 Å². The molecule has 0 aliphatic carbocycles. The van der Waals surface area contributed by atoms with Crippen molar-refractivity contribution < 1.29 is 9.90 Å². The summed E-state index contributed by atoms with van der Waals surface area (Å²) in [5.41, 5.74) is 6.74. The van der Waals surface area contributed by atoms with Crippen molar-refractivity contribution in [3.63, 3.8) is 0 Å². The van der Waals surface area contributed by atoms with E-state index in [0.29, 0.717) is 6.54 Å². The van der Waals surface area contributed by atoms with E-state index in [4.69, 9.17) is 10.8 Å². The van der Waals surface area contributed by atoms with Crippen LogP contribution in [0, 0.1) is 0 Å². The lowest BCUT2D eigenvalue weighted by Gasteiger charge is -2.19. The highest BCUT2D eigenvalue weighted by Gasteiger charge is 2.10. The van der Waals surface area contributed by atoms with Gasteiger partial charge in [0.1, 0.15) is 0 Å². The first-order valence-corrected chi connectivity index (χ1v) is 5.63. The van der Waals surface area contributed by atoms with Gasteiger partial charge in [-0.05, 0) is 19.2 Å². The number of hydrogen-bond donors (Lipinski definition) is 2. The van der Waals surface area contributed by atoms with Crippen LogP contribution in [0.3, 0.4) is 0 Å². The lowest BCUT2D eigenvalue weighted by Crippen LogP contribution is -2.37. The largest absolute Gasteiger partial charge is 0.481 e. The fourth-order valence-corrected chi connectivity index (χ4v) is 1.63. The molecule has 1 aromatic rings. The molecule has 0 fully saturated rings. The highest BCUT2D eigenvalue weighted by molar-refractivity contribution is 5.67. The molecule has 1 aromatic heterocycles. The van der Waals surface area contributed by atoms with Crippen molar-refractivity contribution in [2.45, 2.75) is 18.9 Å². The Kier molecular flexibility index (Phi) is 5.59. The summed E-state index contributed by atoms with van der Waals surface area (Å²) < 4.78 is 0. The molecule has 1 unspecified atom stereocenters. The zero-order chi connectivity index (χ0) is 12.7. The number of hydrogen-bond acceptors (Lipinski definition) is 4. The van der Waals surface area contributed by atoms with Gasteiger partial charge < -0.3 is 15.7 Å². The smallest absolute Gasteiger partial charge is 0.304 e. The molecule has 1 heterocycles. The number of rotatable bonds is 7. The Morgan fingerprint density at radius 2 is 2.35 bits per heavy atom. The summed E-state index contributed by atoms with van der Waals surface area (Å²) in [4.78, 5) is 16.7. The number of carbonyl (C=O) groups is 1. The number of aromatic nitrogens is 1. The van der Waals surface area contributed by atoms with Crippen LogP contribution in [0.4, 0.5) is 0 Å². The minimum absolute atomic E-state index is 0.00786. The first-order valence-electron chi connectivity index (χ1n) is 5.63. The second-order valence-electron chi connectivity index (χ2n) is 4.19. The van der Waals surface area contributed by atoms with E-state index in [9.17, 15) is 4.79 Å². The molecule has 0 radical (unpaired) electrons. The van der Waals surface area contributed by atoms with Crippen LogP contribution in [0.2, 0.25) is 0 Å². The molecule has 0 saturated heterocycles. The van der Waals surface area contributed by atoms with E-state index >= 15 is 0 Å². The van der Waals surface area contributed by atoms with Gasteiger partial charge in [-0.2, -0.15) is 0 Å². The van der Waals surface area contributed by atoms with Gasteiger partial charge in [-0.3, -0.25) is 9.78 Å². The average molecular weight is 237 g/mol. The summed E-state index contributed by atoms with van der Waals surface area (Å²) in [6.45, 7) is 1.41. The maximum Gasteiger partial charge on any atom is 0.304 e. The summed E-state index contributed by atoms with van der Waals surface area (Å²) in [5.74, 6) is -0.851. The molecule has 0 saturated carbocycles. The first kappa shape index (κ1) is 13.6. The Balaban J connectivity index is 2.25. The topological polar surface area (TPSA) is 79.5 Å². The van der Waals surface area contributed by atoms with E-state index in [0.717, 1.165) is 18.7 Å². The number of nitrogens with zero attached hydrogens (tertiary/aromatic N) is 2. The molecule has 0 bridgehead atoms. The van der Waals surface area contributed by atoms with E-state index in [1.54, 1.807) is 6.20 Å². The average Bonchev–Trinajstić information content (AvgIpc) is 2.26. The van der Waals surface area contributed by atoms with E-state index in [-0.39, 0.29) is 12.5 Å². The molecule has 1 rings (SSSR count). The van der Waals surface area contributed by atoms with Gasteiger partial charge in [-0.25, -0.2) is 0 Å². The molecule has 0 aliphatic rings. The molecule has 1 atom stereocenters. The van der Waals surface area contributed by atoms with Crippen molar-refractivity contribution in [2.75, 3.05) is 20.1 Å². The molecule has 0 aliphatic heterocycles. The van der Waals surface area contributed by atoms with Gasteiger partial charge in [0, 0.05) is 37.4 Å². The zero-order valence-corrected chi connectivity index (χ0v) is 10.0. The molecule has 0 aromatic carbocycles. The predicted molar refractivity (Wildman–Crippen MR) is 65.7 cm³/mol. The van der Waals surface area contributed by atoms with Gasteiger partial charge in [0.2, 0.25) is 0 Å². The highest BCUT2D eigenvalue weighted by Crippen LogP contribution is 1.98. The van der Waals surface area contributed by atoms with Crippen molar-refractivity contribution in [1.29, 1.82) is 0 Å². The molecular formula is C12H19N3O2. The van der Waals surface area contributed by atoms with Crippen LogP contribution < -0.4 is 5.73 Å². The number of aliphatic carboxylic acids is 1. The highest BCUT2D eigenvalue weighted by atomic mass is 16.4. The fourth-order valence-electron chi connectivity index (χ4n) is 1.63. The SMILES string of the molecule is CN(CCc1ccccn1)CC(N)CC(=O)O. The van der Waals surface area contributed by atoms with Gasteiger partial charge in [0.15, 0.2) is 0 Å². The van der Waals surface area contributed by atoms with Gasteiger partial charge >= 0.3 is 5.97 Å². The van der Waals surface area contributed by atoms with Gasteiger partial charge in [-0.15, -0.1) is 0 Å². The van der Waals surface area contributed by atoms with Gasteiger partial charge in [0.25, 0.3) is 0 Å². The third-order valence-corrected chi connectivity index (χ3v) is 2.46. The van der Waals surface area contributed by atoms with Crippen molar-refractivity contribution in [1.82, 2.24) is 9.88 Å². The van der Waals surface area contributed by atoms with E-state index < -0.39 is 5.97 Å². The van der Waals surface area contributed by atoms with Crippen LogP contribution in [-0.4, -0.2) is 47.1 Å². The first-order chi connectivity index (χ1) is 8.08. The molecule has 94 valence electrons. The summed E-state index contributed by atoms with van der Waals surface area (Å²) >= 11 is 0. The number of carboxylic acids is 1. The lowest BCUT2D eigenvalue weighted by atomic mass is 10.2. The quantitative estimate of drug-likeness (QED) is 0.715. The number of nitrogens with two attached hydrogens (primary N) is 1. The van der Waals surface area contributed by atoms with Gasteiger partial charge in [-0.1, -0.05) is 6.07 Å². The molecule has 3 N–H and O–H groups in total. The van der Waals surface area contributed by atoms with Crippen LogP contribution in [0.5, 0.6) is 0 Å². The third kappa shape index (κ3) is 5.99. The third-order valence-electron chi connectivity index (χ3n) is 2.46. The Bertz CT molecular complexity index is 343. The van der Waals surface area contributed by atoms with E-state index in [1.165, 1.54) is 0 Å². The van der Waals surface area contributed by atoms with Crippen molar-refractivity contribution in [3.8, 4) is 0 Å². The molecule has 0 amide bonds. The Hall–Kier alpha value is -1.46. The molecule has 5 heteroatoms. The molecule has 5 nitrogen and oxygen atoms in total. The second kappa shape index (κ2) is 6.98. The summed E-state index contributed by atoms with van der Waals surface area (Å²) in [7, 11) is 1.94. The number of carboxylic acid groups (broad SMARTS) is 1. The Morgan fingerprint density at radius 3 is 2.94 bits per heavy atom. The summed E-state index contributed by atoms with van der Waals surface area (Å²) in [6.07, 6.45) is 2.62. The Morgan fingerprint density at radius 1 is 1.59 bits per heavy atom. The zero-order valence-electron chi connectivity index (χ0n) is 10.0. The molecular weight excluding hydrogens is 218 g/mol. The summed E-state index contributed by atoms with van der Waals surface area (Å²) in [5, 5.41) is 8.60. The molecule has 0 spiro atoms. The molecule has 17 heavy (non-hydrogen) atoms. The lowest BCUT2D eigenvalue weighted by molar-refractivity contribution is -0.137. The standard InChI is InChI=1S/C12H19N3O2/c1-15(9-10(13)8-12(16)17)7-5-11-4-2-3-6-14-11/h2-4,6,10H,5,7-9,13H2,1H3,(H,16,17). The normalized spacial score (nSPS) is 12.6. The van der Waals surface area contributed by atoms with Crippen molar-refractivity contribution >= 4 is 5.97 Å². The van der Waals surface area contributed by atoms with Gasteiger partial charge in [0.05, 0.1) is 6.42 Å². The van der Waals surface area contributed by atoms with Crippen LogP contribution in [0.25, 0.3) is 0 Å². The number of likely N-dealkylation sites (N-methyl/N-ethyl adjacent to an activating group) is 1. The minimum Gasteiger partial charge on any atom is -0.481 e. The van der Waals surface area contributed by atoms with Crippen LogP contribution in [0.15, 0.2) is 24.4 Å². The number of pyridine rings is 1. The summed E-state index contributed by atoms with van der Waals surface area (Å²) in [6, 6.07) is 5.50. The second-order valence-corrected chi connectivity index (χ2v) is 4.19. The monoisotopic (exact) mass is 237 g/mol. The van der Waals surface area contributed by atoms with Crippen LogP contribution in [-0.2, 0) is 11.2 Å². The van der Waals surface area contributed by atoms with E-state index in [1.807, 2.05) is 30.1 Å². The maximum absolute atomic E-state index is 10.5. The Labute approximate surface area is 101 Å². The van der Waals surface area contributed by atoms with Crippen molar-refractivity contribution in [2.24, 2.45) is 5.73 Å². The van der Waals surface area contributed by atoms with Crippen LogP contribution >= 0.6 is 0 Å². The fraction of sp³-hybridized carbons (Fsp3) is 0.500. The van der Waals surface area contributed by atoms with Crippen molar-refractivity contribution in [3.05, 3.63) is 30.1 Å². The predicted octanol–water partition coefficient (Wildman–Crippen LogP) is 0.358. The van der Waals surface area contributed by atoms with Crippen LogP contribution in [0.1, 0.15) is 12.1 Å². The maximum atomic E-state index is 10.5.